The number of benzene rings is 1. The monoisotopic (exact) mass is 279 g/mol. The van der Waals surface area contributed by atoms with E-state index in [1.165, 1.54) is 5.56 Å². The molecule has 0 aliphatic carbocycles. The zero-order chi connectivity index (χ0) is 13.7. The van der Waals surface area contributed by atoms with Crippen molar-refractivity contribution in [2.45, 2.75) is 13.0 Å². The molecule has 0 unspecified atom stereocenters. The minimum atomic E-state index is 0.647. The highest BCUT2D eigenvalue weighted by Gasteiger charge is 2.01. The predicted octanol–water partition coefficient (Wildman–Crippen LogP) is 2.41. The Hall–Kier alpha value is -1.52. The summed E-state index contributed by atoms with van der Waals surface area (Å²) in [6.45, 7) is 1.71. The van der Waals surface area contributed by atoms with Crippen molar-refractivity contribution in [3.63, 3.8) is 0 Å². The summed E-state index contributed by atoms with van der Waals surface area (Å²) in [6.07, 6.45) is 4.90. The van der Waals surface area contributed by atoms with Gasteiger partial charge in [-0.1, -0.05) is 17.7 Å². The fourth-order valence-electron chi connectivity index (χ4n) is 1.89. The number of rotatable bonds is 6. The Bertz CT molecular complexity index is 539. The van der Waals surface area contributed by atoms with E-state index in [4.69, 9.17) is 16.3 Å². The molecule has 1 aromatic heterocycles. The smallest absolute Gasteiger partial charge is 0.137 e. The van der Waals surface area contributed by atoms with Crippen molar-refractivity contribution < 1.29 is 4.74 Å². The Morgan fingerprint density at radius 3 is 2.84 bits per heavy atom. The number of ether oxygens (including phenoxy) is 1. The molecule has 0 radical (unpaired) electrons. The third-order valence-electron chi connectivity index (χ3n) is 2.89. The van der Waals surface area contributed by atoms with E-state index in [0.717, 1.165) is 25.1 Å². The van der Waals surface area contributed by atoms with Gasteiger partial charge in [0, 0.05) is 19.8 Å². The van der Waals surface area contributed by atoms with E-state index < -0.39 is 0 Å². The molecule has 0 atom stereocenters. The SMILES string of the molecule is COc1ccc(CNCCc2cnn(C)c2)cc1Cl. The van der Waals surface area contributed by atoms with Crippen molar-refractivity contribution in [3.05, 3.63) is 46.7 Å². The van der Waals surface area contributed by atoms with Crippen molar-refractivity contribution in [1.29, 1.82) is 0 Å². The van der Waals surface area contributed by atoms with Crippen LogP contribution in [0.15, 0.2) is 30.6 Å². The minimum Gasteiger partial charge on any atom is -0.495 e. The number of hydrogen-bond donors (Lipinski definition) is 1. The van der Waals surface area contributed by atoms with E-state index in [1.807, 2.05) is 42.3 Å². The quantitative estimate of drug-likeness (QED) is 0.826. The first-order chi connectivity index (χ1) is 9.19. The number of nitrogens with zero attached hydrogens (tertiary/aromatic N) is 2. The molecular weight excluding hydrogens is 262 g/mol. The number of aromatic nitrogens is 2. The minimum absolute atomic E-state index is 0.647. The van der Waals surface area contributed by atoms with Gasteiger partial charge in [0.05, 0.1) is 18.3 Å². The van der Waals surface area contributed by atoms with E-state index in [9.17, 15) is 0 Å². The maximum Gasteiger partial charge on any atom is 0.137 e. The fourth-order valence-corrected chi connectivity index (χ4v) is 2.17. The molecule has 102 valence electrons. The van der Waals surface area contributed by atoms with Gasteiger partial charge < -0.3 is 10.1 Å². The molecular formula is C14H18ClN3O. The van der Waals surface area contributed by atoms with Gasteiger partial charge in [-0.3, -0.25) is 4.68 Å². The van der Waals surface area contributed by atoms with Gasteiger partial charge in [0.1, 0.15) is 5.75 Å². The summed E-state index contributed by atoms with van der Waals surface area (Å²) >= 11 is 6.08. The second-order valence-corrected chi connectivity index (χ2v) is 4.83. The first-order valence-corrected chi connectivity index (χ1v) is 6.57. The van der Waals surface area contributed by atoms with E-state index in [2.05, 4.69) is 10.4 Å². The van der Waals surface area contributed by atoms with Crippen LogP contribution in [0.1, 0.15) is 11.1 Å². The van der Waals surface area contributed by atoms with Gasteiger partial charge in [-0.2, -0.15) is 5.10 Å². The van der Waals surface area contributed by atoms with Crippen molar-refractivity contribution >= 4 is 11.6 Å². The van der Waals surface area contributed by atoms with Crippen LogP contribution in [0.5, 0.6) is 5.75 Å². The maximum atomic E-state index is 6.08. The fraction of sp³-hybridized carbons (Fsp3) is 0.357. The lowest BCUT2D eigenvalue weighted by atomic mass is 10.2. The lowest BCUT2D eigenvalue weighted by Gasteiger charge is -2.07. The standard InChI is InChI=1S/C14H18ClN3O/c1-18-10-12(9-17-18)5-6-16-8-11-3-4-14(19-2)13(15)7-11/h3-4,7,9-10,16H,5-6,8H2,1-2H3. The maximum absolute atomic E-state index is 6.08. The molecule has 1 N–H and O–H groups in total. The molecule has 2 aromatic rings. The predicted molar refractivity (Wildman–Crippen MR) is 76.6 cm³/mol. The van der Waals surface area contributed by atoms with Crippen LogP contribution in [-0.2, 0) is 20.0 Å². The summed E-state index contributed by atoms with van der Waals surface area (Å²) in [7, 11) is 3.54. The summed E-state index contributed by atoms with van der Waals surface area (Å²) in [5, 5.41) is 8.18. The van der Waals surface area contributed by atoms with Crippen LogP contribution in [0.4, 0.5) is 0 Å². The normalized spacial score (nSPS) is 10.7. The van der Waals surface area contributed by atoms with Gasteiger partial charge in [-0.15, -0.1) is 0 Å². The summed E-state index contributed by atoms with van der Waals surface area (Å²) < 4.78 is 6.94. The van der Waals surface area contributed by atoms with Crippen LogP contribution >= 0.6 is 11.6 Å². The molecule has 4 nitrogen and oxygen atoms in total. The van der Waals surface area contributed by atoms with Crippen molar-refractivity contribution in [3.8, 4) is 5.75 Å². The number of nitrogens with one attached hydrogen (secondary N) is 1. The van der Waals surface area contributed by atoms with Gasteiger partial charge in [0.25, 0.3) is 0 Å². The average Bonchev–Trinajstić information content (AvgIpc) is 2.81. The first kappa shape index (κ1) is 13.9. The molecule has 1 heterocycles. The van der Waals surface area contributed by atoms with Gasteiger partial charge in [0.15, 0.2) is 0 Å². The molecule has 0 aliphatic heterocycles. The Morgan fingerprint density at radius 1 is 1.37 bits per heavy atom. The molecule has 0 aliphatic rings. The van der Waals surface area contributed by atoms with Gasteiger partial charge in [-0.25, -0.2) is 0 Å². The molecule has 0 spiro atoms. The van der Waals surface area contributed by atoms with Crippen LogP contribution in [-0.4, -0.2) is 23.4 Å². The highest BCUT2D eigenvalue weighted by molar-refractivity contribution is 6.32. The second-order valence-electron chi connectivity index (χ2n) is 4.42. The van der Waals surface area contributed by atoms with Crippen LogP contribution in [0.3, 0.4) is 0 Å². The third-order valence-corrected chi connectivity index (χ3v) is 3.19. The van der Waals surface area contributed by atoms with Gasteiger partial charge in [0.2, 0.25) is 0 Å². The van der Waals surface area contributed by atoms with Crippen molar-refractivity contribution in [2.75, 3.05) is 13.7 Å². The second kappa shape index (κ2) is 6.59. The molecule has 5 heteroatoms. The molecule has 19 heavy (non-hydrogen) atoms. The molecule has 0 saturated heterocycles. The number of aryl methyl sites for hydroxylation is 1. The summed E-state index contributed by atoms with van der Waals surface area (Å²) in [6, 6.07) is 5.83. The van der Waals surface area contributed by atoms with Crippen LogP contribution in [0, 0.1) is 0 Å². The molecule has 0 saturated carbocycles. The first-order valence-electron chi connectivity index (χ1n) is 6.19. The lowest BCUT2D eigenvalue weighted by molar-refractivity contribution is 0.415. The lowest BCUT2D eigenvalue weighted by Crippen LogP contribution is -2.16. The average molecular weight is 280 g/mol. The Kier molecular flexibility index (Phi) is 4.82. The zero-order valence-corrected chi connectivity index (χ0v) is 11.9. The summed E-state index contributed by atoms with van der Waals surface area (Å²) in [5.74, 6) is 0.709. The van der Waals surface area contributed by atoms with E-state index in [-0.39, 0.29) is 0 Å². The molecule has 0 amide bonds. The Balaban J connectivity index is 1.78. The Labute approximate surface area is 118 Å². The van der Waals surface area contributed by atoms with Gasteiger partial charge >= 0.3 is 0 Å². The molecule has 2 rings (SSSR count). The van der Waals surface area contributed by atoms with Gasteiger partial charge in [-0.05, 0) is 36.2 Å². The molecule has 1 aromatic carbocycles. The Morgan fingerprint density at radius 2 is 2.21 bits per heavy atom. The van der Waals surface area contributed by atoms with Crippen LogP contribution in [0.2, 0.25) is 5.02 Å². The van der Waals surface area contributed by atoms with Crippen LogP contribution < -0.4 is 10.1 Å². The van der Waals surface area contributed by atoms with E-state index in [1.54, 1.807) is 7.11 Å². The number of halogens is 1. The summed E-state index contributed by atoms with van der Waals surface area (Å²) in [4.78, 5) is 0. The molecule has 0 fully saturated rings. The van der Waals surface area contributed by atoms with Crippen molar-refractivity contribution in [2.24, 2.45) is 7.05 Å². The van der Waals surface area contributed by atoms with Crippen LogP contribution in [0.25, 0.3) is 0 Å². The highest BCUT2D eigenvalue weighted by Crippen LogP contribution is 2.24. The van der Waals surface area contributed by atoms with E-state index in [0.29, 0.717) is 10.8 Å². The largest absolute Gasteiger partial charge is 0.495 e. The molecule has 0 bridgehead atoms. The van der Waals surface area contributed by atoms with E-state index >= 15 is 0 Å². The van der Waals surface area contributed by atoms with Crippen molar-refractivity contribution in [1.82, 2.24) is 15.1 Å². The zero-order valence-electron chi connectivity index (χ0n) is 11.2. The number of methoxy groups -OCH3 is 1. The summed E-state index contributed by atoms with van der Waals surface area (Å²) in [5.41, 5.74) is 2.39. The topological polar surface area (TPSA) is 39.1 Å². The number of hydrogen-bond acceptors (Lipinski definition) is 3. The third kappa shape index (κ3) is 3.98. The highest BCUT2D eigenvalue weighted by atomic mass is 35.5.